The van der Waals surface area contributed by atoms with Crippen molar-refractivity contribution >= 4 is 11.5 Å². The van der Waals surface area contributed by atoms with Crippen LogP contribution >= 0.6 is 0 Å². The maximum absolute atomic E-state index is 5.24. The topological polar surface area (TPSA) is 50.3 Å². The molecule has 0 saturated heterocycles. The number of rotatable bonds is 6. The SMILES string of the molecule is COc1cccc(N(C)c2cnc(CNC(C)C)cn2)c1. The predicted octanol–water partition coefficient (Wildman–Crippen LogP) is 2.75. The van der Waals surface area contributed by atoms with Crippen molar-refractivity contribution in [3.63, 3.8) is 0 Å². The summed E-state index contributed by atoms with van der Waals surface area (Å²) in [7, 11) is 3.63. The van der Waals surface area contributed by atoms with Gasteiger partial charge in [-0.15, -0.1) is 0 Å². The first-order valence-corrected chi connectivity index (χ1v) is 7.02. The van der Waals surface area contributed by atoms with Crippen LogP contribution in [0.1, 0.15) is 19.5 Å². The fourth-order valence-corrected chi connectivity index (χ4v) is 1.87. The second kappa shape index (κ2) is 7.04. The number of benzene rings is 1. The Balaban J connectivity index is 2.10. The molecule has 0 amide bonds. The molecule has 2 aromatic rings. The van der Waals surface area contributed by atoms with Gasteiger partial charge in [0, 0.05) is 31.4 Å². The molecule has 0 aliphatic rings. The molecule has 0 unspecified atom stereocenters. The molecule has 0 aliphatic heterocycles. The maximum Gasteiger partial charge on any atom is 0.151 e. The van der Waals surface area contributed by atoms with Gasteiger partial charge in [0.1, 0.15) is 5.75 Å². The molecular formula is C16H22N4O. The maximum atomic E-state index is 5.24. The van der Waals surface area contributed by atoms with E-state index in [1.807, 2.05) is 36.2 Å². The number of anilines is 2. The normalized spacial score (nSPS) is 10.7. The zero-order chi connectivity index (χ0) is 15.2. The molecule has 2 rings (SSSR count). The third-order valence-corrected chi connectivity index (χ3v) is 3.17. The fourth-order valence-electron chi connectivity index (χ4n) is 1.87. The summed E-state index contributed by atoms with van der Waals surface area (Å²) in [5, 5.41) is 3.32. The highest BCUT2D eigenvalue weighted by Crippen LogP contribution is 2.24. The molecule has 0 bridgehead atoms. The van der Waals surface area contributed by atoms with Gasteiger partial charge in [-0.25, -0.2) is 4.98 Å². The van der Waals surface area contributed by atoms with Crippen molar-refractivity contribution in [1.29, 1.82) is 0 Å². The van der Waals surface area contributed by atoms with Gasteiger partial charge in [0.05, 0.1) is 25.2 Å². The van der Waals surface area contributed by atoms with Crippen molar-refractivity contribution in [2.24, 2.45) is 0 Å². The molecule has 112 valence electrons. The Morgan fingerprint density at radius 3 is 2.67 bits per heavy atom. The van der Waals surface area contributed by atoms with Crippen LogP contribution in [-0.4, -0.2) is 30.2 Å². The van der Waals surface area contributed by atoms with E-state index in [0.29, 0.717) is 6.04 Å². The quantitative estimate of drug-likeness (QED) is 0.885. The molecule has 1 aromatic carbocycles. The number of nitrogens with zero attached hydrogens (tertiary/aromatic N) is 3. The van der Waals surface area contributed by atoms with Gasteiger partial charge in [-0.1, -0.05) is 19.9 Å². The van der Waals surface area contributed by atoms with Gasteiger partial charge in [-0.05, 0) is 12.1 Å². The summed E-state index contributed by atoms with van der Waals surface area (Å²) in [6, 6.07) is 8.29. The van der Waals surface area contributed by atoms with Crippen molar-refractivity contribution in [3.8, 4) is 5.75 Å². The minimum atomic E-state index is 0.436. The van der Waals surface area contributed by atoms with E-state index in [9.17, 15) is 0 Å². The lowest BCUT2D eigenvalue weighted by atomic mass is 10.3. The second-order valence-corrected chi connectivity index (χ2v) is 5.16. The molecule has 0 aliphatic carbocycles. The van der Waals surface area contributed by atoms with Crippen molar-refractivity contribution in [1.82, 2.24) is 15.3 Å². The summed E-state index contributed by atoms with van der Waals surface area (Å²) in [5.41, 5.74) is 1.95. The highest BCUT2D eigenvalue weighted by atomic mass is 16.5. The van der Waals surface area contributed by atoms with E-state index in [2.05, 4.69) is 29.1 Å². The summed E-state index contributed by atoms with van der Waals surface area (Å²) in [6.45, 7) is 4.95. The van der Waals surface area contributed by atoms with E-state index in [-0.39, 0.29) is 0 Å². The Hall–Kier alpha value is -2.14. The largest absolute Gasteiger partial charge is 0.497 e. The van der Waals surface area contributed by atoms with Crippen LogP contribution in [0, 0.1) is 0 Å². The van der Waals surface area contributed by atoms with Crippen LogP contribution in [0.3, 0.4) is 0 Å². The summed E-state index contributed by atoms with van der Waals surface area (Å²) < 4.78 is 5.24. The van der Waals surface area contributed by atoms with Crippen molar-refractivity contribution < 1.29 is 4.74 Å². The molecule has 0 spiro atoms. The standard InChI is InChI=1S/C16H22N4O/c1-12(2)17-9-13-10-19-16(11-18-13)20(3)14-6-5-7-15(8-14)21-4/h5-8,10-12,17H,9H2,1-4H3. The van der Waals surface area contributed by atoms with E-state index < -0.39 is 0 Å². The van der Waals surface area contributed by atoms with Gasteiger partial charge in [-0.2, -0.15) is 0 Å². The van der Waals surface area contributed by atoms with E-state index >= 15 is 0 Å². The first-order chi connectivity index (χ1) is 10.1. The summed E-state index contributed by atoms with van der Waals surface area (Å²) in [5.74, 6) is 1.63. The van der Waals surface area contributed by atoms with Gasteiger partial charge >= 0.3 is 0 Å². The Kier molecular flexibility index (Phi) is 5.11. The molecule has 1 heterocycles. The van der Waals surface area contributed by atoms with Crippen LogP contribution < -0.4 is 15.0 Å². The number of hydrogen-bond donors (Lipinski definition) is 1. The molecule has 1 N–H and O–H groups in total. The number of ether oxygens (including phenoxy) is 1. The van der Waals surface area contributed by atoms with Crippen molar-refractivity contribution in [2.45, 2.75) is 26.4 Å². The highest BCUT2D eigenvalue weighted by Gasteiger charge is 2.07. The van der Waals surface area contributed by atoms with Crippen molar-refractivity contribution in [3.05, 3.63) is 42.4 Å². The first-order valence-electron chi connectivity index (χ1n) is 7.02. The molecule has 5 heteroatoms. The molecule has 0 atom stereocenters. The lowest BCUT2D eigenvalue weighted by molar-refractivity contribution is 0.415. The zero-order valence-corrected chi connectivity index (χ0v) is 13.0. The van der Waals surface area contributed by atoms with Crippen LogP contribution in [0.2, 0.25) is 0 Å². The number of hydrogen-bond acceptors (Lipinski definition) is 5. The summed E-state index contributed by atoms with van der Waals surface area (Å²) in [6.07, 6.45) is 3.60. The Morgan fingerprint density at radius 2 is 2.05 bits per heavy atom. The van der Waals surface area contributed by atoms with Gasteiger partial charge in [0.25, 0.3) is 0 Å². The van der Waals surface area contributed by atoms with Gasteiger partial charge in [-0.3, -0.25) is 4.98 Å². The predicted molar refractivity (Wildman–Crippen MR) is 85.1 cm³/mol. The highest BCUT2D eigenvalue weighted by molar-refractivity contribution is 5.60. The third kappa shape index (κ3) is 4.16. The van der Waals surface area contributed by atoms with Gasteiger partial charge in [0.15, 0.2) is 5.82 Å². The van der Waals surface area contributed by atoms with Gasteiger partial charge in [0.2, 0.25) is 0 Å². The van der Waals surface area contributed by atoms with Crippen LogP contribution in [-0.2, 0) is 6.54 Å². The number of methoxy groups -OCH3 is 1. The Morgan fingerprint density at radius 1 is 1.24 bits per heavy atom. The molecule has 1 aromatic heterocycles. The third-order valence-electron chi connectivity index (χ3n) is 3.17. The van der Waals surface area contributed by atoms with E-state index in [1.54, 1.807) is 19.5 Å². The molecule has 0 fully saturated rings. The zero-order valence-electron chi connectivity index (χ0n) is 13.0. The molecule has 21 heavy (non-hydrogen) atoms. The second-order valence-electron chi connectivity index (χ2n) is 5.16. The minimum Gasteiger partial charge on any atom is -0.497 e. The summed E-state index contributed by atoms with van der Waals surface area (Å²) in [4.78, 5) is 10.9. The molecule has 0 radical (unpaired) electrons. The Bertz CT molecular complexity index is 569. The first kappa shape index (κ1) is 15.3. The van der Waals surface area contributed by atoms with E-state index in [1.165, 1.54) is 0 Å². The lowest BCUT2D eigenvalue weighted by Crippen LogP contribution is -2.22. The minimum absolute atomic E-state index is 0.436. The lowest BCUT2D eigenvalue weighted by Gasteiger charge is -2.18. The Labute approximate surface area is 126 Å². The molecule has 5 nitrogen and oxygen atoms in total. The smallest absolute Gasteiger partial charge is 0.151 e. The van der Waals surface area contributed by atoms with Crippen LogP contribution in [0.15, 0.2) is 36.7 Å². The summed E-state index contributed by atoms with van der Waals surface area (Å²) >= 11 is 0. The van der Waals surface area contributed by atoms with Crippen LogP contribution in [0.4, 0.5) is 11.5 Å². The van der Waals surface area contributed by atoms with Crippen LogP contribution in [0.5, 0.6) is 5.75 Å². The number of aromatic nitrogens is 2. The molecular weight excluding hydrogens is 264 g/mol. The average molecular weight is 286 g/mol. The van der Waals surface area contributed by atoms with Crippen molar-refractivity contribution in [2.75, 3.05) is 19.1 Å². The average Bonchev–Trinajstić information content (AvgIpc) is 2.52. The van der Waals surface area contributed by atoms with E-state index in [0.717, 1.165) is 29.5 Å². The molecule has 0 saturated carbocycles. The van der Waals surface area contributed by atoms with E-state index in [4.69, 9.17) is 4.74 Å². The monoisotopic (exact) mass is 286 g/mol. The fraction of sp³-hybridized carbons (Fsp3) is 0.375. The van der Waals surface area contributed by atoms with Crippen LogP contribution in [0.25, 0.3) is 0 Å². The van der Waals surface area contributed by atoms with Gasteiger partial charge < -0.3 is 15.0 Å². The number of nitrogens with one attached hydrogen (secondary N) is 1.